The second-order valence-electron chi connectivity index (χ2n) is 9.81. The van der Waals surface area contributed by atoms with E-state index in [2.05, 4.69) is 66.4 Å². The largest absolute Gasteiger partial charge is 0.493 e. The van der Waals surface area contributed by atoms with Gasteiger partial charge in [0.05, 0.1) is 6.61 Å². The zero-order valence-electron chi connectivity index (χ0n) is 20.3. The maximum atomic E-state index is 5.74. The van der Waals surface area contributed by atoms with Crippen molar-refractivity contribution in [1.82, 2.24) is 15.2 Å². The monoisotopic (exact) mass is 435 g/mol. The molecule has 0 spiro atoms. The quantitative estimate of drug-likeness (QED) is 0.533. The van der Waals surface area contributed by atoms with Crippen molar-refractivity contribution in [3.8, 4) is 5.75 Å². The summed E-state index contributed by atoms with van der Waals surface area (Å²) in [5.41, 5.74) is 5.79. The molecule has 1 aromatic carbocycles. The van der Waals surface area contributed by atoms with E-state index in [0.29, 0.717) is 12.0 Å². The summed E-state index contributed by atoms with van der Waals surface area (Å²) < 4.78 is 5.74. The van der Waals surface area contributed by atoms with Gasteiger partial charge in [-0.2, -0.15) is 0 Å². The second kappa shape index (κ2) is 11.3. The molecule has 1 saturated heterocycles. The molecule has 2 aromatic rings. The molecule has 4 rings (SSSR count). The van der Waals surface area contributed by atoms with Crippen LogP contribution < -0.4 is 10.1 Å². The molecule has 0 bridgehead atoms. The maximum Gasteiger partial charge on any atom is 0.122 e. The first kappa shape index (κ1) is 23.3. The summed E-state index contributed by atoms with van der Waals surface area (Å²) in [5.74, 6) is 2.58. The van der Waals surface area contributed by atoms with E-state index in [1.54, 1.807) is 0 Å². The molecule has 4 heteroatoms. The zero-order chi connectivity index (χ0) is 22.3. The molecule has 32 heavy (non-hydrogen) atoms. The van der Waals surface area contributed by atoms with Gasteiger partial charge in [-0.05, 0) is 92.8 Å². The van der Waals surface area contributed by atoms with Crippen molar-refractivity contribution in [1.29, 1.82) is 0 Å². The van der Waals surface area contributed by atoms with Gasteiger partial charge in [0.25, 0.3) is 0 Å². The second-order valence-corrected chi connectivity index (χ2v) is 9.81. The Balaban J connectivity index is 1.17. The summed E-state index contributed by atoms with van der Waals surface area (Å²) in [7, 11) is 0. The number of pyridine rings is 1. The lowest BCUT2D eigenvalue weighted by Gasteiger charge is -2.32. The molecule has 1 fully saturated rings. The summed E-state index contributed by atoms with van der Waals surface area (Å²) in [6, 6.07) is 9.14. The molecule has 1 aromatic heterocycles. The Morgan fingerprint density at radius 3 is 2.81 bits per heavy atom. The lowest BCUT2D eigenvalue weighted by Crippen LogP contribution is -2.39. The molecule has 0 amide bonds. The van der Waals surface area contributed by atoms with E-state index in [1.165, 1.54) is 67.4 Å². The van der Waals surface area contributed by atoms with Crippen molar-refractivity contribution in [2.75, 3.05) is 32.8 Å². The topological polar surface area (TPSA) is 37.4 Å². The Kier molecular flexibility index (Phi) is 8.20. The Morgan fingerprint density at radius 1 is 1.16 bits per heavy atom. The van der Waals surface area contributed by atoms with Crippen molar-refractivity contribution in [2.45, 2.75) is 71.3 Å². The zero-order valence-corrected chi connectivity index (χ0v) is 20.3. The molecule has 0 radical (unpaired) electrons. The first-order valence-electron chi connectivity index (χ1n) is 12.8. The molecular weight excluding hydrogens is 394 g/mol. The molecule has 3 heterocycles. The fraction of sp³-hybridized carbons (Fsp3) is 0.607. The van der Waals surface area contributed by atoms with Crippen LogP contribution >= 0.6 is 0 Å². The van der Waals surface area contributed by atoms with Gasteiger partial charge in [-0.25, -0.2) is 0 Å². The fourth-order valence-electron chi connectivity index (χ4n) is 5.38. The van der Waals surface area contributed by atoms with E-state index in [-0.39, 0.29) is 0 Å². The highest BCUT2D eigenvalue weighted by atomic mass is 16.5. The minimum absolute atomic E-state index is 0.349. The average molecular weight is 436 g/mol. The third-order valence-electron chi connectivity index (χ3n) is 7.74. The number of likely N-dealkylation sites (tertiary alicyclic amines) is 1. The van der Waals surface area contributed by atoms with Crippen LogP contribution in [0.4, 0.5) is 0 Å². The molecule has 0 aliphatic carbocycles. The standard InChI is InChI=1S/C28H41N3O/c1-4-21(2)25-10-14-29-20-27(25)22(3)30-15-18-31-16-11-23(12-17-31)8-9-24-6-5-7-28-26(24)13-19-32-28/h5-7,10,14,20-23,30H,4,8-9,11-13,15-19H2,1-3H3. The predicted molar refractivity (Wildman–Crippen MR) is 132 cm³/mol. The molecule has 174 valence electrons. The number of fused-ring (bicyclic) bond motifs is 1. The van der Waals surface area contributed by atoms with Gasteiger partial charge in [0.15, 0.2) is 0 Å². The van der Waals surface area contributed by atoms with Gasteiger partial charge in [-0.3, -0.25) is 4.98 Å². The highest BCUT2D eigenvalue weighted by Gasteiger charge is 2.21. The van der Waals surface area contributed by atoms with Gasteiger partial charge in [-0.1, -0.05) is 26.0 Å². The molecule has 1 N–H and O–H groups in total. The van der Waals surface area contributed by atoms with E-state index in [1.807, 2.05) is 6.20 Å². The Morgan fingerprint density at radius 2 is 2.00 bits per heavy atom. The summed E-state index contributed by atoms with van der Waals surface area (Å²) >= 11 is 0. The molecule has 2 aliphatic heterocycles. The fourth-order valence-corrected chi connectivity index (χ4v) is 5.38. The van der Waals surface area contributed by atoms with Crippen LogP contribution in [0.1, 0.15) is 80.7 Å². The smallest absolute Gasteiger partial charge is 0.122 e. The minimum Gasteiger partial charge on any atom is -0.493 e. The van der Waals surface area contributed by atoms with Crippen molar-refractivity contribution >= 4 is 0 Å². The number of rotatable bonds is 10. The summed E-state index contributed by atoms with van der Waals surface area (Å²) in [4.78, 5) is 7.03. The SMILES string of the molecule is CCC(C)c1ccncc1C(C)NCCN1CCC(CCc2cccc3c2CCO3)CC1. The molecule has 2 atom stereocenters. The van der Waals surface area contributed by atoms with Crippen molar-refractivity contribution in [3.63, 3.8) is 0 Å². The number of nitrogens with one attached hydrogen (secondary N) is 1. The third-order valence-corrected chi connectivity index (χ3v) is 7.74. The summed E-state index contributed by atoms with van der Waals surface area (Å²) in [6.45, 7) is 12.4. The van der Waals surface area contributed by atoms with Gasteiger partial charge >= 0.3 is 0 Å². The molecule has 4 nitrogen and oxygen atoms in total. The van der Waals surface area contributed by atoms with Crippen LogP contribution in [0.2, 0.25) is 0 Å². The number of aromatic nitrogens is 1. The van der Waals surface area contributed by atoms with E-state index in [9.17, 15) is 0 Å². The van der Waals surface area contributed by atoms with E-state index >= 15 is 0 Å². The first-order chi connectivity index (χ1) is 15.7. The van der Waals surface area contributed by atoms with Crippen LogP contribution in [0, 0.1) is 5.92 Å². The van der Waals surface area contributed by atoms with E-state index in [0.717, 1.165) is 37.8 Å². The number of hydrogen-bond donors (Lipinski definition) is 1. The van der Waals surface area contributed by atoms with Gasteiger partial charge in [0, 0.05) is 43.5 Å². The Labute approximate surface area is 194 Å². The average Bonchev–Trinajstić information content (AvgIpc) is 3.32. The molecular formula is C28H41N3O. The number of nitrogens with zero attached hydrogens (tertiary/aromatic N) is 2. The summed E-state index contributed by atoms with van der Waals surface area (Å²) in [5, 5.41) is 3.75. The first-order valence-corrected chi connectivity index (χ1v) is 12.8. The lowest BCUT2D eigenvalue weighted by atomic mass is 9.89. The van der Waals surface area contributed by atoms with Gasteiger partial charge in [-0.15, -0.1) is 0 Å². The van der Waals surface area contributed by atoms with Gasteiger partial charge in [0.1, 0.15) is 5.75 Å². The predicted octanol–water partition coefficient (Wildman–Crippen LogP) is 5.53. The van der Waals surface area contributed by atoms with Gasteiger partial charge in [0.2, 0.25) is 0 Å². The van der Waals surface area contributed by atoms with Crippen molar-refractivity contribution in [2.24, 2.45) is 5.92 Å². The Bertz CT molecular complexity index is 860. The third kappa shape index (κ3) is 5.71. The van der Waals surface area contributed by atoms with Crippen molar-refractivity contribution in [3.05, 3.63) is 58.9 Å². The molecule has 0 saturated carbocycles. The number of benzene rings is 1. The van der Waals surface area contributed by atoms with Gasteiger partial charge < -0.3 is 15.0 Å². The summed E-state index contributed by atoms with van der Waals surface area (Å²) in [6.07, 6.45) is 11.4. The number of aryl methyl sites for hydroxylation is 1. The highest BCUT2D eigenvalue weighted by Crippen LogP contribution is 2.31. The van der Waals surface area contributed by atoms with Crippen LogP contribution in [0.5, 0.6) is 5.75 Å². The van der Waals surface area contributed by atoms with E-state index < -0.39 is 0 Å². The molecule has 2 aliphatic rings. The molecule has 2 unspecified atom stereocenters. The number of piperidine rings is 1. The lowest BCUT2D eigenvalue weighted by molar-refractivity contribution is 0.178. The minimum atomic E-state index is 0.349. The van der Waals surface area contributed by atoms with Crippen LogP contribution in [-0.4, -0.2) is 42.7 Å². The number of ether oxygens (including phenoxy) is 1. The highest BCUT2D eigenvalue weighted by molar-refractivity contribution is 5.42. The normalized spacial score (nSPS) is 18.8. The van der Waals surface area contributed by atoms with Crippen LogP contribution in [0.15, 0.2) is 36.7 Å². The van der Waals surface area contributed by atoms with Crippen LogP contribution in [-0.2, 0) is 12.8 Å². The van der Waals surface area contributed by atoms with E-state index in [4.69, 9.17) is 4.74 Å². The van der Waals surface area contributed by atoms with Crippen LogP contribution in [0.25, 0.3) is 0 Å². The van der Waals surface area contributed by atoms with Crippen LogP contribution in [0.3, 0.4) is 0 Å². The van der Waals surface area contributed by atoms with Crippen molar-refractivity contribution < 1.29 is 4.74 Å². The number of hydrogen-bond acceptors (Lipinski definition) is 4. The Hall–Kier alpha value is -1.91. The maximum absolute atomic E-state index is 5.74.